The molecule has 5 heteroatoms. The van der Waals surface area contributed by atoms with Crippen LogP contribution < -0.4 is 4.90 Å². The van der Waals surface area contributed by atoms with Gasteiger partial charge in [-0.1, -0.05) is 15.9 Å². The third-order valence-electron chi connectivity index (χ3n) is 3.42. The number of ether oxygens (including phenoxy) is 2. The number of benzene rings is 1. The molecule has 0 radical (unpaired) electrons. The molecule has 0 N–H and O–H groups in total. The van der Waals surface area contributed by atoms with Gasteiger partial charge in [-0.2, -0.15) is 0 Å². The third kappa shape index (κ3) is 3.66. The van der Waals surface area contributed by atoms with Gasteiger partial charge in [-0.25, -0.2) is 0 Å². The number of hydrogen-bond donors (Lipinski definition) is 0. The number of morpholine rings is 1. The lowest BCUT2D eigenvalue weighted by molar-refractivity contribution is 0.122. The molecule has 1 aromatic carbocycles. The highest BCUT2D eigenvalue weighted by molar-refractivity contribution is 9.10. The Morgan fingerprint density at radius 1 is 1.11 bits per heavy atom. The van der Waals surface area contributed by atoms with Crippen LogP contribution in [-0.4, -0.2) is 44.8 Å². The molecule has 104 valence electrons. The molecule has 0 spiro atoms. The van der Waals surface area contributed by atoms with Gasteiger partial charge < -0.3 is 14.4 Å². The van der Waals surface area contributed by atoms with Crippen molar-refractivity contribution in [3.05, 3.63) is 22.7 Å². The Labute approximate surface area is 126 Å². The Bertz CT molecular complexity index is 431. The van der Waals surface area contributed by atoms with E-state index in [2.05, 4.69) is 39.0 Å². The van der Waals surface area contributed by atoms with Crippen LogP contribution in [0.1, 0.15) is 6.42 Å². The van der Waals surface area contributed by atoms with E-state index in [-0.39, 0.29) is 0 Å². The molecule has 19 heavy (non-hydrogen) atoms. The standard InChI is InChI=1S/C14H18BrNO2S/c15-11-7-12(16-2-5-17-6-3-16)9-14(8-11)19-13-1-4-18-10-13/h7-9,13H,1-6,10H2/t13-/m1/s1. The first-order valence-corrected chi connectivity index (χ1v) is 8.36. The van der Waals surface area contributed by atoms with Gasteiger partial charge in [0.15, 0.2) is 0 Å². The zero-order valence-electron chi connectivity index (χ0n) is 10.8. The van der Waals surface area contributed by atoms with Crippen LogP contribution in [0.3, 0.4) is 0 Å². The predicted molar refractivity (Wildman–Crippen MR) is 82.3 cm³/mol. The number of hydrogen-bond acceptors (Lipinski definition) is 4. The van der Waals surface area contributed by atoms with Gasteiger partial charge >= 0.3 is 0 Å². The fraction of sp³-hybridized carbons (Fsp3) is 0.571. The first-order valence-electron chi connectivity index (χ1n) is 6.69. The molecule has 0 amide bonds. The lowest BCUT2D eigenvalue weighted by Crippen LogP contribution is -2.36. The first-order chi connectivity index (χ1) is 9.31. The van der Waals surface area contributed by atoms with Gasteiger partial charge in [0.2, 0.25) is 0 Å². The molecule has 1 atom stereocenters. The van der Waals surface area contributed by atoms with Gasteiger partial charge in [-0.3, -0.25) is 0 Å². The minimum Gasteiger partial charge on any atom is -0.380 e. The van der Waals surface area contributed by atoms with Gasteiger partial charge in [-0.05, 0) is 24.6 Å². The SMILES string of the molecule is Brc1cc(S[C@@H]2CCOC2)cc(N2CCOCC2)c1. The molecule has 2 aliphatic heterocycles. The van der Waals surface area contributed by atoms with E-state index < -0.39 is 0 Å². The average Bonchev–Trinajstić information content (AvgIpc) is 2.92. The van der Waals surface area contributed by atoms with Crippen LogP contribution in [0.5, 0.6) is 0 Å². The van der Waals surface area contributed by atoms with Crippen molar-refractivity contribution in [1.82, 2.24) is 0 Å². The van der Waals surface area contributed by atoms with Crippen LogP contribution in [0, 0.1) is 0 Å². The highest BCUT2D eigenvalue weighted by Crippen LogP contribution is 2.34. The fourth-order valence-electron chi connectivity index (χ4n) is 2.42. The van der Waals surface area contributed by atoms with Crippen molar-refractivity contribution in [3.63, 3.8) is 0 Å². The zero-order valence-corrected chi connectivity index (χ0v) is 13.2. The molecule has 2 heterocycles. The van der Waals surface area contributed by atoms with Crippen molar-refractivity contribution < 1.29 is 9.47 Å². The molecule has 0 saturated carbocycles. The summed E-state index contributed by atoms with van der Waals surface area (Å²) in [5, 5.41) is 0.604. The summed E-state index contributed by atoms with van der Waals surface area (Å²) in [6, 6.07) is 6.69. The van der Waals surface area contributed by atoms with Gasteiger partial charge in [0, 0.05) is 40.0 Å². The molecular weight excluding hydrogens is 326 g/mol. The summed E-state index contributed by atoms with van der Waals surface area (Å²) in [6.07, 6.45) is 1.16. The van der Waals surface area contributed by atoms with Gasteiger partial charge in [0.25, 0.3) is 0 Å². The quantitative estimate of drug-likeness (QED) is 0.840. The van der Waals surface area contributed by atoms with Crippen molar-refractivity contribution in [2.45, 2.75) is 16.6 Å². The second kappa shape index (κ2) is 6.48. The van der Waals surface area contributed by atoms with E-state index in [0.29, 0.717) is 5.25 Å². The zero-order chi connectivity index (χ0) is 13.1. The van der Waals surface area contributed by atoms with E-state index in [0.717, 1.165) is 50.4 Å². The van der Waals surface area contributed by atoms with Crippen LogP contribution >= 0.6 is 27.7 Å². The summed E-state index contributed by atoms with van der Waals surface area (Å²) in [5.41, 5.74) is 1.29. The first kappa shape index (κ1) is 13.7. The van der Waals surface area contributed by atoms with E-state index in [4.69, 9.17) is 9.47 Å². The van der Waals surface area contributed by atoms with Crippen molar-refractivity contribution >= 4 is 33.4 Å². The van der Waals surface area contributed by atoms with Crippen LogP contribution in [0.25, 0.3) is 0 Å². The second-order valence-corrected chi connectivity index (χ2v) is 7.14. The molecule has 2 fully saturated rings. The summed E-state index contributed by atoms with van der Waals surface area (Å²) < 4.78 is 12.0. The third-order valence-corrected chi connectivity index (χ3v) is 5.09. The minimum atomic E-state index is 0.604. The molecule has 0 unspecified atom stereocenters. The maximum absolute atomic E-state index is 5.45. The van der Waals surface area contributed by atoms with Crippen LogP contribution in [-0.2, 0) is 9.47 Å². The van der Waals surface area contributed by atoms with Gasteiger partial charge in [0.05, 0.1) is 19.8 Å². The Hall–Kier alpha value is -0.230. The molecule has 0 aromatic heterocycles. The fourth-order valence-corrected chi connectivity index (χ4v) is 4.20. The summed E-state index contributed by atoms with van der Waals surface area (Å²) in [4.78, 5) is 3.72. The molecule has 3 rings (SSSR count). The normalized spacial score (nSPS) is 23.8. The molecular formula is C14H18BrNO2S. The molecule has 1 aromatic rings. The Morgan fingerprint density at radius 3 is 2.68 bits per heavy atom. The largest absolute Gasteiger partial charge is 0.380 e. The number of anilines is 1. The molecule has 0 bridgehead atoms. The number of rotatable bonds is 3. The summed E-state index contributed by atoms with van der Waals surface area (Å²) in [7, 11) is 0. The second-order valence-electron chi connectivity index (χ2n) is 4.85. The molecule has 3 nitrogen and oxygen atoms in total. The van der Waals surface area contributed by atoms with E-state index in [1.807, 2.05) is 11.8 Å². The van der Waals surface area contributed by atoms with Crippen LogP contribution in [0.2, 0.25) is 0 Å². The van der Waals surface area contributed by atoms with Crippen LogP contribution in [0.4, 0.5) is 5.69 Å². The number of nitrogens with zero attached hydrogens (tertiary/aromatic N) is 1. The van der Waals surface area contributed by atoms with Crippen molar-refractivity contribution in [1.29, 1.82) is 0 Å². The summed E-state index contributed by atoms with van der Waals surface area (Å²) in [6.45, 7) is 5.39. The van der Waals surface area contributed by atoms with Crippen molar-refractivity contribution in [2.24, 2.45) is 0 Å². The summed E-state index contributed by atoms with van der Waals surface area (Å²) in [5.74, 6) is 0. The van der Waals surface area contributed by atoms with E-state index in [1.165, 1.54) is 10.6 Å². The lowest BCUT2D eigenvalue weighted by atomic mass is 10.2. The van der Waals surface area contributed by atoms with Crippen LogP contribution in [0.15, 0.2) is 27.6 Å². The number of halogens is 1. The maximum atomic E-state index is 5.45. The maximum Gasteiger partial charge on any atom is 0.0642 e. The molecule has 2 saturated heterocycles. The van der Waals surface area contributed by atoms with E-state index >= 15 is 0 Å². The monoisotopic (exact) mass is 343 g/mol. The Morgan fingerprint density at radius 2 is 1.95 bits per heavy atom. The molecule has 0 aliphatic carbocycles. The average molecular weight is 344 g/mol. The predicted octanol–water partition coefficient (Wildman–Crippen LogP) is 3.17. The van der Waals surface area contributed by atoms with E-state index in [9.17, 15) is 0 Å². The highest BCUT2D eigenvalue weighted by Gasteiger charge is 2.18. The topological polar surface area (TPSA) is 21.7 Å². The van der Waals surface area contributed by atoms with Gasteiger partial charge in [-0.15, -0.1) is 11.8 Å². The van der Waals surface area contributed by atoms with Gasteiger partial charge in [0.1, 0.15) is 0 Å². The lowest BCUT2D eigenvalue weighted by Gasteiger charge is -2.29. The number of thioether (sulfide) groups is 1. The minimum absolute atomic E-state index is 0.604. The smallest absolute Gasteiger partial charge is 0.0642 e. The van der Waals surface area contributed by atoms with Crippen molar-refractivity contribution in [3.8, 4) is 0 Å². The summed E-state index contributed by atoms with van der Waals surface area (Å²) >= 11 is 5.56. The Kier molecular flexibility index (Phi) is 4.69. The van der Waals surface area contributed by atoms with Crippen molar-refractivity contribution in [2.75, 3.05) is 44.4 Å². The Balaban J connectivity index is 1.74. The van der Waals surface area contributed by atoms with E-state index in [1.54, 1.807) is 0 Å². The highest BCUT2D eigenvalue weighted by atomic mass is 79.9. The molecule has 2 aliphatic rings.